The molecule has 0 unspecified atom stereocenters. The molecule has 3 nitrogen and oxygen atoms in total. The number of aromatic carboxylic acids is 1. The number of hydrogen-bond acceptors (Lipinski definition) is 2. The van der Waals surface area contributed by atoms with Crippen LogP contribution in [0.2, 0.25) is 0 Å². The quantitative estimate of drug-likeness (QED) is 0.625. The second kappa shape index (κ2) is 2.81. The first kappa shape index (κ1) is 8.52. The number of carbonyl (C=O) groups is 1. The van der Waals surface area contributed by atoms with Gasteiger partial charge in [-0.25, -0.2) is 9.18 Å². The second-order valence-electron chi connectivity index (χ2n) is 2.45. The summed E-state index contributed by atoms with van der Waals surface area (Å²) in [6.45, 7) is 1.44. The van der Waals surface area contributed by atoms with Crippen molar-refractivity contribution >= 4 is 11.7 Å². The predicted octanol–water partition coefficient (Wildman–Crippen LogP) is 1.41. The fourth-order valence-corrected chi connectivity index (χ4v) is 0.865. The van der Waals surface area contributed by atoms with Gasteiger partial charge in [0.2, 0.25) is 0 Å². The summed E-state index contributed by atoms with van der Waals surface area (Å²) >= 11 is 0. The SMILES string of the molecule is Cc1c(N)ccc(C(=O)O)c1F. The molecule has 0 heterocycles. The number of anilines is 1. The van der Waals surface area contributed by atoms with E-state index in [1.54, 1.807) is 0 Å². The Morgan fingerprint density at radius 3 is 2.67 bits per heavy atom. The van der Waals surface area contributed by atoms with E-state index in [-0.39, 0.29) is 16.8 Å². The van der Waals surface area contributed by atoms with E-state index in [4.69, 9.17) is 10.8 Å². The van der Waals surface area contributed by atoms with Crippen LogP contribution in [0, 0.1) is 12.7 Å². The highest BCUT2D eigenvalue weighted by atomic mass is 19.1. The van der Waals surface area contributed by atoms with Crippen molar-refractivity contribution in [1.82, 2.24) is 0 Å². The largest absolute Gasteiger partial charge is 0.478 e. The molecular weight excluding hydrogens is 161 g/mol. The van der Waals surface area contributed by atoms with Crippen molar-refractivity contribution in [3.05, 3.63) is 29.1 Å². The van der Waals surface area contributed by atoms with E-state index in [9.17, 15) is 9.18 Å². The normalized spacial score (nSPS) is 9.83. The van der Waals surface area contributed by atoms with E-state index < -0.39 is 11.8 Å². The van der Waals surface area contributed by atoms with E-state index in [2.05, 4.69) is 0 Å². The molecular formula is C8H8FNO2. The number of carboxylic acids is 1. The van der Waals surface area contributed by atoms with Gasteiger partial charge < -0.3 is 10.8 Å². The van der Waals surface area contributed by atoms with Crippen molar-refractivity contribution in [3.63, 3.8) is 0 Å². The first-order chi connectivity index (χ1) is 5.54. The number of nitrogens with two attached hydrogens (primary N) is 1. The zero-order valence-electron chi connectivity index (χ0n) is 6.47. The first-order valence-corrected chi connectivity index (χ1v) is 3.32. The summed E-state index contributed by atoms with van der Waals surface area (Å²) < 4.78 is 13.1. The fourth-order valence-electron chi connectivity index (χ4n) is 0.865. The molecule has 0 atom stereocenters. The van der Waals surface area contributed by atoms with Crippen LogP contribution in [0.4, 0.5) is 10.1 Å². The van der Waals surface area contributed by atoms with Crippen LogP contribution >= 0.6 is 0 Å². The molecule has 0 saturated heterocycles. The van der Waals surface area contributed by atoms with Crippen LogP contribution in [-0.2, 0) is 0 Å². The summed E-state index contributed by atoms with van der Waals surface area (Å²) in [5.41, 5.74) is 5.45. The van der Waals surface area contributed by atoms with E-state index >= 15 is 0 Å². The van der Waals surface area contributed by atoms with Gasteiger partial charge in [-0.3, -0.25) is 0 Å². The van der Waals surface area contributed by atoms with Crippen LogP contribution in [0.3, 0.4) is 0 Å². The van der Waals surface area contributed by atoms with Gasteiger partial charge in [-0.05, 0) is 19.1 Å². The van der Waals surface area contributed by atoms with Crippen LogP contribution in [-0.4, -0.2) is 11.1 Å². The Morgan fingerprint density at radius 2 is 2.17 bits per heavy atom. The minimum absolute atomic E-state index is 0.176. The lowest BCUT2D eigenvalue weighted by atomic mass is 10.1. The van der Waals surface area contributed by atoms with Crippen molar-refractivity contribution in [2.45, 2.75) is 6.92 Å². The van der Waals surface area contributed by atoms with Gasteiger partial charge in [-0.2, -0.15) is 0 Å². The molecule has 0 amide bonds. The molecule has 0 saturated carbocycles. The minimum Gasteiger partial charge on any atom is -0.478 e. The number of carboxylic acid groups (broad SMARTS) is 1. The van der Waals surface area contributed by atoms with Crippen LogP contribution in [0.25, 0.3) is 0 Å². The van der Waals surface area contributed by atoms with E-state index in [1.165, 1.54) is 13.0 Å². The smallest absolute Gasteiger partial charge is 0.338 e. The zero-order valence-corrected chi connectivity index (χ0v) is 6.47. The lowest BCUT2D eigenvalue weighted by molar-refractivity contribution is 0.0691. The van der Waals surface area contributed by atoms with Gasteiger partial charge in [0, 0.05) is 11.3 Å². The summed E-state index contributed by atoms with van der Waals surface area (Å²) in [5, 5.41) is 8.50. The Labute approximate surface area is 68.6 Å². The summed E-state index contributed by atoms with van der Waals surface area (Å²) in [6, 6.07) is 2.53. The van der Waals surface area contributed by atoms with E-state index in [0.717, 1.165) is 6.07 Å². The molecule has 1 rings (SSSR count). The standard InChI is InChI=1S/C8H8FNO2/c1-4-6(10)3-2-5(7(4)9)8(11)12/h2-3H,10H2,1H3,(H,11,12). The summed E-state index contributed by atoms with van der Waals surface area (Å²) in [6.07, 6.45) is 0. The molecule has 1 aromatic rings. The number of nitrogen functional groups attached to an aromatic ring is 1. The molecule has 1 aromatic carbocycles. The fraction of sp³-hybridized carbons (Fsp3) is 0.125. The van der Waals surface area contributed by atoms with Crippen LogP contribution < -0.4 is 5.73 Å². The Balaban J connectivity index is 3.36. The van der Waals surface area contributed by atoms with Gasteiger partial charge in [0.05, 0.1) is 5.56 Å². The van der Waals surface area contributed by atoms with Crippen LogP contribution in [0.15, 0.2) is 12.1 Å². The first-order valence-electron chi connectivity index (χ1n) is 3.32. The van der Waals surface area contributed by atoms with Gasteiger partial charge in [0.15, 0.2) is 0 Å². The number of hydrogen-bond donors (Lipinski definition) is 2. The average Bonchev–Trinajstić information content (AvgIpc) is 2.00. The Bertz CT molecular complexity index is 336. The second-order valence-corrected chi connectivity index (χ2v) is 2.45. The third-order valence-electron chi connectivity index (χ3n) is 1.66. The van der Waals surface area contributed by atoms with Crippen molar-refractivity contribution in [2.24, 2.45) is 0 Å². The molecule has 0 spiro atoms. The van der Waals surface area contributed by atoms with Gasteiger partial charge in [0.25, 0.3) is 0 Å². The summed E-state index contributed by atoms with van der Waals surface area (Å²) in [4.78, 5) is 10.4. The van der Waals surface area contributed by atoms with Gasteiger partial charge in [0.1, 0.15) is 5.82 Å². The van der Waals surface area contributed by atoms with Gasteiger partial charge >= 0.3 is 5.97 Å². The predicted molar refractivity (Wildman–Crippen MR) is 42.5 cm³/mol. The molecule has 0 aromatic heterocycles. The number of benzene rings is 1. The summed E-state index contributed by atoms with van der Waals surface area (Å²) in [7, 11) is 0. The van der Waals surface area contributed by atoms with Crippen LogP contribution in [0.1, 0.15) is 15.9 Å². The summed E-state index contributed by atoms with van der Waals surface area (Å²) in [5.74, 6) is -2.04. The minimum atomic E-state index is -1.28. The average molecular weight is 169 g/mol. The molecule has 12 heavy (non-hydrogen) atoms. The molecule has 3 N–H and O–H groups in total. The third kappa shape index (κ3) is 1.23. The van der Waals surface area contributed by atoms with Crippen molar-refractivity contribution < 1.29 is 14.3 Å². The molecule has 64 valence electrons. The maximum Gasteiger partial charge on any atom is 0.338 e. The zero-order chi connectivity index (χ0) is 9.30. The van der Waals surface area contributed by atoms with Crippen molar-refractivity contribution in [1.29, 1.82) is 0 Å². The highest BCUT2D eigenvalue weighted by molar-refractivity contribution is 5.88. The molecule has 0 bridgehead atoms. The van der Waals surface area contributed by atoms with Crippen molar-refractivity contribution in [2.75, 3.05) is 5.73 Å². The van der Waals surface area contributed by atoms with Crippen LogP contribution in [0.5, 0.6) is 0 Å². The lowest BCUT2D eigenvalue weighted by Gasteiger charge is -2.03. The maximum atomic E-state index is 13.1. The molecule has 0 aliphatic rings. The third-order valence-corrected chi connectivity index (χ3v) is 1.66. The molecule has 0 aliphatic carbocycles. The Hall–Kier alpha value is -1.58. The molecule has 0 radical (unpaired) electrons. The number of rotatable bonds is 1. The monoisotopic (exact) mass is 169 g/mol. The van der Waals surface area contributed by atoms with Gasteiger partial charge in [-0.1, -0.05) is 0 Å². The van der Waals surface area contributed by atoms with Gasteiger partial charge in [-0.15, -0.1) is 0 Å². The maximum absolute atomic E-state index is 13.1. The number of halogens is 1. The highest BCUT2D eigenvalue weighted by Gasteiger charge is 2.13. The molecule has 4 heteroatoms. The lowest BCUT2D eigenvalue weighted by Crippen LogP contribution is -2.04. The molecule has 0 fully saturated rings. The van der Waals surface area contributed by atoms with E-state index in [0.29, 0.717) is 0 Å². The Morgan fingerprint density at radius 1 is 1.58 bits per heavy atom. The molecule has 0 aliphatic heterocycles. The topological polar surface area (TPSA) is 63.3 Å². The Kier molecular flexibility index (Phi) is 1.99. The van der Waals surface area contributed by atoms with E-state index in [1.807, 2.05) is 0 Å². The highest BCUT2D eigenvalue weighted by Crippen LogP contribution is 2.18. The van der Waals surface area contributed by atoms with Crippen molar-refractivity contribution in [3.8, 4) is 0 Å².